The maximum Gasteiger partial charge on any atom is 0.0661 e. The van der Waals surface area contributed by atoms with Gasteiger partial charge in [-0.2, -0.15) is 0 Å². The molecule has 0 fully saturated rings. The van der Waals surface area contributed by atoms with Crippen LogP contribution in [0.2, 0.25) is 0 Å². The lowest BCUT2D eigenvalue weighted by atomic mass is 9.92. The van der Waals surface area contributed by atoms with Crippen LogP contribution in [-0.2, 0) is 0 Å². The second-order valence-electron chi connectivity index (χ2n) is 14.1. The molecule has 1 heterocycles. The largest absolute Gasteiger partial charge is 0.310 e. The SMILES string of the molecule is C1=CCC(c2ccc(N(c3ccccc3)c3cc(N(c4ccccc4)c4ccc(-c5ccccc5)cc4)c4sc5ccc6ccccc6c5c4c3)cc2)C=C1. The number of para-hydroxylation sites is 2. The number of fused-ring (bicyclic) bond motifs is 5. The molecular formula is C52H38N2S. The average molecular weight is 723 g/mol. The molecule has 0 bridgehead atoms. The fourth-order valence-corrected chi connectivity index (χ4v) is 9.28. The Kier molecular flexibility index (Phi) is 8.55. The summed E-state index contributed by atoms with van der Waals surface area (Å²) in [5.74, 6) is 0.394. The lowest BCUT2D eigenvalue weighted by Crippen LogP contribution is -2.13. The highest BCUT2D eigenvalue weighted by Crippen LogP contribution is 2.50. The molecule has 0 saturated carbocycles. The van der Waals surface area contributed by atoms with Gasteiger partial charge >= 0.3 is 0 Å². The molecule has 1 aliphatic rings. The molecule has 2 nitrogen and oxygen atoms in total. The minimum absolute atomic E-state index is 0.394. The van der Waals surface area contributed by atoms with E-state index in [4.69, 9.17) is 0 Å². The molecule has 0 aliphatic heterocycles. The first-order valence-electron chi connectivity index (χ1n) is 19.0. The van der Waals surface area contributed by atoms with Crippen LogP contribution >= 0.6 is 11.3 Å². The van der Waals surface area contributed by atoms with Crippen LogP contribution in [0.25, 0.3) is 42.1 Å². The van der Waals surface area contributed by atoms with Gasteiger partial charge in [0.25, 0.3) is 0 Å². The van der Waals surface area contributed by atoms with Crippen LogP contribution in [0.4, 0.5) is 34.1 Å². The number of nitrogens with zero attached hydrogens (tertiary/aromatic N) is 2. The summed E-state index contributed by atoms with van der Waals surface area (Å²) in [6.07, 6.45) is 9.90. The molecule has 0 radical (unpaired) electrons. The van der Waals surface area contributed by atoms with Crippen molar-refractivity contribution >= 4 is 76.4 Å². The van der Waals surface area contributed by atoms with E-state index in [0.29, 0.717) is 5.92 Å². The summed E-state index contributed by atoms with van der Waals surface area (Å²) in [5, 5.41) is 5.08. The summed E-state index contributed by atoms with van der Waals surface area (Å²) < 4.78 is 2.54. The maximum absolute atomic E-state index is 2.44. The second kappa shape index (κ2) is 14.3. The van der Waals surface area contributed by atoms with Gasteiger partial charge in [-0.3, -0.25) is 0 Å². The molecule has 0 amide bonds. The van der Waals surface area contributed by atoms with E-state index in [1.54, 1.807) is 0 Å². The highest BCUT2D eigenvalue weighted by molar-refractivity contribution is 7.26. The molecule has 0 spiro atoms. The highest BCUT2D eigenvalue weighted by atomic mass is 32.1. The standard InChI is InChI=1S/C52H38N2S/c1-5-15-37(16-6-1)39-25-30-44(31-26-39)53(42-20-9-3-10-21-42)46-35-48-51-47-24-14-13-19-41(47)29-34-50(51)55-52(48)49(36-46)54(43-22-11-4-12-23-43)45-32-27-40(28-33-45)38-17-7-2-8-18-38/h1-15,17-37H,16H2. The van der Waals surface area contributed by atoms with Crippen LogP contribution in [0.5, 0.6) is 0 Å². The number of hydrogen-bond donors (Lipinski definition) is 0. The molecular weight excluding hydrogens is 685 g/mol. The molecule has 262 valence electrons. The third-order valence-electron chi connectivity index (χ3n) is 10.7. The Hall–Kier alpha value is -6.68. The van der Waals surface area contributed by atoms with E-state index in [-0.39, 0.29) is 0 Å². The van der Waals surface area contributed by atoms with E-state index in [1.807, 2.05) is 11.3 Å². The lowest BCUT2D eigenvalue weighted by molar-refractivity contribution is 0.854. The fraction of sp³-hybridized carbons (Fsp3) is 0.0385. The Bertz CT molecular complexity index is 2820. The Labute approximate surface area is 326 Å². The van der Waals surface area contributed by atoms with E-state index in [2.05, 4.69) is 222 Å². The van der Waals surface area contributed by atoms with Crippen molar-refractivity contribution in [1.29, 1.82) is 0 Å². The number of allylic oxidation sites excluding steroid dienone is 4. The van der Waals surface area contributed by atoms with Gasteiger partial charge in [0.05, 0.1) is 10.4 Å². The zero-order valence-electron chi connectivity index (χ0n) is 30.3. The van der Waals surface area contributed by atoms with Crippen molar-refractivity contribution in [3.63, 3.8) is 0 Å². The highest BCUT2D eigenvalue weighted by Gasteiger charge is 2.23. The van der Waals surface area contributed by atoms with Crippen molar-refractivity contribution in [2.24, 2.45) is 0 Å². The van der Waals surface area contributed by atoms with Crippen molar-refractivity contribution in [2.45, 2.75) is 12.3 Å². The number of anilines is 6. The minimum atomic E-state index is 0.394. The summed E-state index contributed by atoms with van der Waals surface area (Å²) in [7, 11) is 0. The third kappa shape index (κ3) is 6.19. The van der Waals surface area contributed by atoms with Crippen LogP contribution in [0.15, 0.2) is 212 Å². The molecule has 0 saturated heterocycles. The smallest absolute Gasteiger partial charge is 0.0661 e. The Morgan fingerprint density at radius 3 is 1.76 bits per heavy atom. The second-order valence-corrected chi connectivity index (χ2v) is 15.2. The monoisotopic (exact) mass is 722 g/mol. The van der Waals surface area contributed by atoms with Gasteiger partial charge in [-0.15, -0.1) is 11.3 Å². The van der Waals surface area contributed by atoms with Crippen molar-refractivity contribution in [3.05, 3.63) is 218 Å². The summed E-state index contributed by atoms with van der Waals surface area (Å²) >= 11 is 1.88. The predicted octanol–water partition coefficient (Wildman–Crippen LogP) is 15.4. The van der Waals surface area contributed by atoms with Crippen LogP contribution in [0.3, 0.4) is 0 Å². The zero-order valence-corrected chi connectivity index (χ0v) is 31.1. The Morgan fingerprint density at radius 1 is 0.455 bits per heavy atom. The molecule has 1 aromatic heterocycles. The summed E-state index contributed by atoms with van der Waals surface area (Å²) in [6.45, 7) is 0. The van der Waals surface area contributed by atoms with Gasteiger partial charge < -0.3 is 9.80 Å². The van der Waals surface area contributed by atoms with E-state index in [9.17, 15) is 0 Å². The van der Waals surface area contributed by atoms with E-state index >= 15 is 0 Å². The molecule has 10 rings (SSSR count). The van der Waals surface area contributed by atoms with Crippen LogP contribution in [0.1, 0.15) is 17.9 Å². The number of benzene rings is 8. The van der Waals surface area contributed by atoms with Crippen molar-refractivity contribution in [1.82, 2.24) is 0 Å². The average Bonchev–Trinajstić information content (AvgIpc) is 3.65. The first kappa shape index (κ1) is 32.9. The van der Waals surface area contributed by atoms with Gasteiger partial charge in [-0.25, -0.2) is 0 Å². The minimum Gasteiger partial charge on any atom is -0.310 e. The first-order chi connectivity index (χ1) is 27.3. The van der Waals surface area contributed by atoms with Crippen LogP contribution in [0, 0.1) is 0 Å². The Morgan fingerprint density at radius 2 is 1.05 bits per heavy atom. The molecule has 9 aromatic rings. The number of thiophene rings is 1. The van der Waals surface area contributed by atoms with Crippen LogP contribution < -0.4 is 9.80 Å². The number of rotatable bonds is 8. The van der Waals surface area contributed by atoms with Crippen molar-refractivity contribution in [2.75, 3.05) is 9.80 Å². The molecule has 8 aromatic carbocycles. The van der Waals surface area contributed by atoms with Crippen molar-refractivity contribution < 1.29 is 0 Å². The summed E-state index contributed by atoms with van der Waals surface area (Å²) in [4.78, 5) is 4.85. The van der Waals surface area contributed by atoms with Gasteiger partial charge in [-0.05, 0) is 101 Å². The molecule has 55 heavy (non-hydrogen) atoms. The molecule has 0 N–H and O–H groups in total. The molecule has 1 aliphatic carbocycles. The quantitative estimate of drug-likeness (QED) is 0.154. The fourth-order valence-electron chi connectivity index (χ4n) is 8.07. The maximum atomic E-state index is 2.44. The normalized spacial score (nSPS) is 13.8. The predicted molar refractivity (Wildman–Crippen MR) is 237 cm³/mol. The molecule has 3 heteroatoms. The third-order valence-corrected chi connectivity index (χ3v) is 11.9. The topological polar surface area (TPSA) is 6.48 Å². The Balaban J connectivity index is 1.23. The van der Waals surface area contributed by atoms with Crippen molar-refractivity contribution in [3.8, 4) is 11.1 Å². The summed E-state index contributed by atoms with van der Waals surface area (Å²) in [5.41, 5.74) is 10.5. The van der Waals surface area contributed by atoms with Gasteiger partial charge in [-0.1, -0.05) is 146 Å². The molecule has 1 atom stereocenters. The van der Waals surface area contributed by atoms with Crippen LogP contribution in [-0.4, -0.2) is 0 Å². The number of hydrogen-bond acceptors (Lipinski definition) is 3. The van der Waals surface area contributed by atoms with Gasteiger partial charge in [0.2, 0.25) is 0 Å². The molecule has 1 unspecified atom stereocenters. The zero-order chi connectivity index (χ0) is 36.6. The van der Waals surface area contributed by atoms with E-state index in [1.165, 1.54) is 47.6 Å². The van der Waals surface area contributed by atoms with Gasteiger partial charge in [0.15, 0.2) is 0 Å². The van der Waals surface area contributed by atoms with Gasteiger partial charge in [0.1, 0.15) is 0 Å². The summed E-state index contributed by atoms with van der Waals surface area (Å²) in [6, 6.07) is 68.6. The lowest BCUT2D eigenvalue weighted by Gasteiger charge is -2.30. The van der Waals surface area contributed by atoms with E-state index < -0.39 is 0 Å². The van der Waals surface area contributed by atoms with E-state index in [0.717, 1.165) is 40.5 Å². The first-order valence-corrected chi connectivity index (χ1v) is 19.8. The van der Waals surface area contributed by atoms with Gasteiger partial charge in [0, 0.05) is 49.8 Å².